The molecule has 1 amide bonds. The highest BCUT2D eigenvalue weighted by Gasteiger charge is 2.34. The SMILES string of the molecule is CC(C(=O)N(C)CC1(O)CCNC1)c1ccccc1. The molecule has 0 bridgehead atoms. The fourth-order valence-corrected chi connectivity index (χ4v) is 2.60. The summed E-state index contributed by atoms with van der Waals surface area (Å²) >= 11 is 0. The van der Waals surface area contributed by atoms with Gasteiger partial charge in [0.1, 0.15) is 0 Å². The summed E-state index contributed by atoms with van der Waals surface area (Å²) in [5.74, 6) is -0.129. The predicted molar refractivity (Wildman–Crippen MR) is 74.9 cm³/mol. The average molecular weight is 262 g/mol. The topological polar surface area (TPSA) is 52.6 Å². The number of β-amino-alcohol motifs (C(OH)–C–C–N with tert-alkyl or cyclic N) is 1. The molecule has 0 saturated carbocycles. The van der Waals surface area contributed by atoms with Gasteiger partial charge >= 0.3 is 0 Å². The van der Waals surface area contributed by atoms with E-state index in [1.807, 2.05) is 37.3 Å². The van der Waals surface area contributed by atoms with Crippen LogP contribution in [0.2, 0.25) is 0 Å². The van der Waals surface area contributed by atoms with Gasteiger partial charge in [0.25, 0.3) is 0 Å². The van der Waals surface area contributed by atoms with E-state index < -0.39 is 5.60 Å². The maximum absolute atomic E-state index is 12.4. The van der Waals surface area contributed by atoms with Crippen LogP contribution in [0, 0.1) is 0 Å². The Morgan fingerprint density at radius 2 is 2.16 bits per heavy atom. The van der Waals surface area contributed by atoms with Gasteiger partial charge in [-0.3, -0.25) is 4.79 Å². The molecule has 1 fully saturated rings. The fourth-order valence-electron chi connectivity index (χ4n) is 2.60. The third-order valence-electron chi connectivity index (χ3n) is 3.80. The summed E-state index contributed by atoms with van der Waals surface area (Å²) in [5, 5.41) is 13.4. The molecular weight excluding hydrogens is 240 g/mol. The third kappa shape index (κ3) is 3.33. The van der Waals surface area contributed by atoms with Gasteiger partial charge in [-0.05, 0) is 25.5 Å². The summed E-state index contributed by atoms with van der Waals surface area (Å²) in [5.41, 5.74) is 0.233. The van der Waals surface area contributed by atoms with E-state index in [9.17, 15) is 9.90 Å². The average Bonchev–Trinajstić information content (AvgIpc) is 2.84. The maximum Gasteiger partial charge on any atom is 0.229 e. The Balaban J connectivity index is 1.99. The Morgan fingerprint density at radius 3 is 2.74 bits per heavy atom. The lowest BCUT2D eigenvalue weighted by atomic mass is 9.98. The van der Waals surface area contributed by atoms with Gasteiger partial charge in [-0.15, -0.1) is 0 Å². The lowest BCUT2D eigenvalue weighted by molar-refractivity contribution is -0.134. The van der Waals surface area contributed by atoms with Crippen LogP contribution in [0.1, 0.15) is 24.8 Å². The van der Waals surface area contributed by atoms with Gasteiger partial charge in [0, 0.05) is 13.6 Å². The molecule has 1 aromatic rings. The molecule has 4 nitrogen and oxygen atoms in total. The Hall–Kier alpha value is -1.39. The highest BCUT2D eigenvalue weighted by atomic mass is 16.3. The number of benzene rings is 1. The van der Waals surface area contributed by atoms with Crippen LogP contribution in [0.3, 0.4) is 0 Å². The summed E-state index contributed by atoms with van der Waals surface area (Å²) in [6.45, 7) is 3.66. The molecule has 2 unspecified atom stereocenters. The number of aliphatic hydroxyl groups is 1. The molecule has 0 radical (unpaired) electrons. The second-order valence-electron chi connectivity index (χ2n) is 5.48. The van der Waals surface area contributed by atoms with E-state index in [2.05, 4.69) is 5.32 Å². The lowest BCUT2D eigenvalue weighted by Crippen LogP contribution is -2.46. The van der Waals surface area contributed by atoms with E-state index in [0.717, 1.165) is 12.1 Å². The number of rotatable bonds is 4. The summed E-state index contributed by atoms with van der Waals surface area (Å²) < 4.78 is 0. The summed E-state index contributed by atoms with van der Waals surface area (Å²) in [7, 11) is 1.76. The third-order valence-corrected chi connectivity index (χ3v) is 3.80. The van der Waals surface area contributed by atoms with Crippen LogP contribution in [0.15, 0.2) is 30.3 Å². The second-order valence-corrected chi connectivity index (χ2v) is 5.48. The molecule has 2 N–H and O–H groups in total. The molecular formula is C15H22N2O2. The van der Waals surface area contributed by atoms with Crippen molar-refractivity contribution in [2.75, 3.05) is 26.7 Å². The van der Waals surface area contributed by atoms with Crippen molar-refractivity contribution in [3.05, 3.63) is 35.9 Å². The molecule has 1 aliphatic heterocycles. The molecule has 0 aliphatic carbocycles. The maximum atomic E-state index is 12.4. The summed E-state index contributed by atoms with van der Waals surface area (Å²) in [4.78, 5) is 14.0. The highest BCUT2D eigenvalue weighted by molar-refractivity contribution is 5.83. The molecule has 2 rings (SSSR count). The largest absolute Gasteiger partial charge is 0.387 e. The minimum Gasteiger partial charge on any atom is -0.387 e. The van der Waals surface area contributed by atoms with Crippen LogP contribution in [0.4, 0.5) is 0 Å². The summed E-state index contributed by atoms with van der Waals surface area (Å²) in [6.07, 6.45) is 0.699. The predicted octanol–water partition coefficient (Wildman–Crippen LogP) is 0.973. The molecule has 0 aromatic heterocycles. The number of carbonyl (C=O) groups is 1. The van der Waals surface area contributed by atoms with Gasteiger partial charge in [-0.2, -0.15) is 0 Å². The Bertz CT molecular complexity index is 427. The van der Waals surface area contributed by atoms with Crippen molar-refractivity contribution in [3.8, 4) is 0 Å². The normalized spacial score (nSPS) is 24.2. The van der Waals surface area contributed by atoms with E-state index in [4.69, 9.17) is 0 Å². The molecule has 19 heavy (non-hydrogen) atoms. The molecule has 1 aliphatic rings. The number of nitrogens with one attached hydrogen (secondary N) is 1. The minimum absolute atomic E-state index is 0.0477. The zero-order valence-corrected chi connectivity index (χ0v) is 11.6. The van der Waals surface area contributed by atoms with Crippen molar-refractivity contribution in [3.63, 3.8) is 0 Å². The van der Waals surface area contributed by atoms with E-state index >= 15 is 0 Å². The van der Waals surface area contributed by atoms with Crippen molar-refractivity contribution in [2.24, 2.45) is 0 Å². The van der Waals surface area contributed by atoms with E-state index in [1.165, 1.54) is 0 Å². The van der Waals surface area contributed by atoms with Crippen LogP contribution in [-0.4, -0.2) is 48.2 Å². The molecule has 104 valence electrons. The first-order valence-corrected chi connectivity index (χ1v) is 6.75. The number of nitrogens with zero attached hydrogens (tertiary/aromatic N) is 1. The molecule has 4 heteroatoms. The zero-order chi connectivity index (χ0) is 13.9. The Morgan fingerprint density at radius 1 is 1.47 bits per heavy atom. The van der Waals surface area contributed by atoms with E-state index in [0.29, 0.717) is 19.5 Å². The highest BCUT2D eigenvalue weighted by Crippen LogP contribution is 2.20. The van der Waals surface area contributed by atoms with Crippen LogP contribution in [0.5, 0.6) is 0 Å². The van der Waals surface area contributed by atoms with Gasteiger partial charge in [0.2, 0.25) is 5.91 Å². The van der Waals surface area contributed by atoms with Gasteiger partial charge in [-0.1, -0.05) is 30.3 Å². The van der Waals surface area contributed by atoms with Crippen molar-refractivity contribution in [2.45, 2.75) is 24.9 Å². The quantitative estimate of drug-likeness (QED) is 0.850. The first-order valence-electron chi connectivity index (χ1n) is 6.75. The van der Waals surface area contributed by atoms with Gasteiger partial charge in [0.05, 0.1) is 18.1 Å². The minimum atomic E-state index is -0.777. The van der Waals surface area contributed by atoms with Crippen LogP contribution < -0.4 is 5.32 Å². The number of hydrogen-bond donors (Lipinski definition) is 2. The molecule has 1 heterocycles. The Kier molecular flexibility index (Phi) is 4.22. The smallest absolute Gasteiger partial charge is 0.229 e. The van der Waals surface area contributed by atoms with Crippen LogP contribution >= 0.6 is 0 Å². The van der Waals surface area contributed by atoms with E-state index in [-0.39, 0.29) is 11.8 Å². The number of likely N-dealkylation sites (N-methyl/N-ethyl adjacent to an activating group) is 1. The zero-order valence-electron chi connectivity index (χ0n) is 11.6. The molecule has 0 spiro atoms. The van der Waals surface area contributed by atoms with Crippen molar-refractivity contribution < 1.29 is 9.90 Å². The van der Waals surface area contributed by atoms with Crippen molar-refractivity contribution in [1.82, 2.24) is 10.2 Å². The van der Waals surface area contributed by atoms with Crippen molar-refractivity contribution >= 4 is 5.91 Å². The lowest BCUT2D eigenvalue weighted by Gasteiger charge is -2.29. The number of hydrogen-bond acceptors (Lipinski definition) is 3. The molecule has 1 saturated heterocycles. The fraction of sp³-hybridized carbons (Fsp3) is 0.533. The van der Waals surface area contributed by atoms with E-state index in [1.54, 1.807) is 11.9 Å². The standard InChI is InChI=1S/C15H22N2O2/c1-12(13-6-4-3-5-7-13)14(18)17(2)11-15(19)8-9-16-10-15/h3-7,12,16,19H,8-11H2,1-2H3. The monoisotopic (exact) mass is 262 g/mol. The summed E-state index contributed by atoms with van der Waals surface area (Å²) in [6, 6.07) is 9.74. The first kappa shape index (κ1) is 14.0. The molecule has 2 atom stereocenters. The first-order chi connectivity index (χ1) is 9.02. The number of carbonyl (C=O) groups excluding carboxylic acids is 1. The van der Waals surface area contributed by atoms with Gasteiger partial charge < -0.3 is 15.3 Å². The van der Waals surface area contributed by atoms with Gasteiger partial charge in [0.15, 0.2) is 0 Å². The van der Waals surface area contributed by atoms with Crippen LogP contribution in [0.25, 0.3) is 0 Å². The van der Waals surface area contributed by atoms with Crippen molar-refractivity contribution in [1.29, 1.82) is 0 Å². The van der Waals surface area contributed by atoms with Gasteiger partial charge in [-0.25, -0.2) is 0 Å². The molecule has 1 aromatic carbocycles. The number of amides is 1. The van der Waals surface area contributed by atoms with Crippen LogP contribution in [-0.2, 0) is 4.79 Å². The second kappa shape index (κ2) is 5.72. The Labute approximate surface area is 114 Å².